The van der Waals surface area contributed by atoms with Crippen molar-refractivity contribution in [2.75, 3.05) is 23.9 Å². The smallest absolute Gasteiger partial charge is 0.226 e. The van der Waals surface area contributed by atoms with Crippen molar-refractivity contribution in [2.45, 2.75) is 33.1 Å². The van der Waals surface area contributed by atoms with E-state index in [0.29, 0.717) is 18.0 Å². The number of nitrogens with zero attached hydrogens (tertiary/aromatic N) is 1. The SMILES string of the molecule is COc1ccccc1NC(=O)CCN(C(C)=O)c1ccccc1C(C)C. The fourth-order valence-electron chi connectivity index (χ4n) is 2.84. The number of nitrogens with one attached hydrogen (secondary N) is 1. The van der Waals surface area contributed by atoms with Crippen LogP contribution in [0.4, 0.5) is 11.4 Å². The Bertz CT molecular complexity index is 771. The molecule has 0 bridgehead atoms. The topological polar surface area (TPSA) is 58.6 Å². The zero-order valence-electron chi connectivity index (χ0n) is 15.8. The number of ether oxygens (including phenoxy) is 1. The van der Waals surface area contributed by atoms with Gasteiger partial charge in [0.05, 0.1) is 12.8 Å². The molecule has 2 amide bonds. The first kappa shape index (κ1) is 19.5. The highest BCUT2D eigenvalue weighted by Crippen LogP contribution is 2.28. The van der Waals surface area contributed by atoms with Gasteiger partial charge in [0.15, 0.2) is 0 Å². The van der Waals surface area contributed by atoms with Crippen LogP contribution in [0.15, 0.2) is 48.5 Å². The first-order valence-electron chi connectivity index (χ1n) is 8.74. The van der Waals surface area contributed by atoms with E-state index < -0.39 is 0 Å². The molecule has 5 nitrogen and oxygen atoms in total. The largest absolute Gasteiger partial charge is 0.495 e. The lowest BCUT2D eigenvalue weighted by Crippen LogP contribution is -2.32. The Labute approximate surface area is 155 Å². The van der Waals surface area contributed by atoms with Crippen molar-refractivity contribution in [2.24, 2.45) is 0 Å². The Morgan fingerprint density at radius 3 is 2.38 bits per heavy atom. The number of carbonyl (C=O) groups is 2. The maximum Gasteiger partial charge on any atom is 0.226 e. The van der Waals surface area contributed by atoms with Crippen LogP contribution in [0.3, 0.4) is 0 Å². The Kier molecular flexibility index (Phi) is 6.78. The molecule has 2 aromatic carbocycles. The van der Waals surface area contributed by atoms with E-state index in [2.05, 4.69) is 19.2 Å². The van der Waals surface area contributed by atoms with Crippen LogP contribution < -0.4 is 15.0 Å². The summed E-state index contributed by atoms with van der Waals surface area (Å²) in [7, 11) is 1.56. The lowest BCUT2D eigenvalue weighted by molar-refractivity contribution is -0.117. The maximum absolute atomic E-state index is 12.4. The van der Waals surface area contributed by atoms with Gasteiger partial charge in [-0.1, -0.05) is 44.2 Å². The average molecular weight is 354 g/mol. The number of hydrogen-bond donors (Lipinski definition) is 1. The van der Waals surface area contributed by atoms with Crippen LogP contribution in [0.2, 0.25) is 0 Å². The molecule has 26 heavy (non-hydrogen) atoms. The van der Waals surface area contributed by atoms with Crippen LogP contribution in [0.25, 0.3) is 0 Å². The molecule has 2 rings (SSSR count). The van der Waals surface area contributed by atoms with E-state index in [1.807, 2.05) is 36.4 Å². The second kappa shape index (κ2) is 9.04. The van der Waals surface area contributed by atoms with Crippen LogP contribution in [0.5, 0.6) is 5.75 Å². The number of para-hydroxylation sites is 3. The molecule has 138 valence electrons. The van der Waals surface area contributed by atoms with E-state index in [4.69, 9.17) is 4.74 Å². The van der Waals surface area contributed by atoms with Gasteiger partial charge in [0.1, 0.15) is 5.75 Å². The van der Waals surface area contributed by atoms with E-state index in [9.17, 15) is 9.59 Å². The Morgan fingerprint density at radius 1 is 1.08 bits per heavy atom. The van der Waals surface area contributed by atoms with E-state index in [1.54, 1.807) is 24.1 Å². The van der Waals surface area contributed by atoms with Gasteiger partial charge in [0.25, 0.3) is 0 Å². The molecule has 0 saturated heterocycles. The molecule has 0 spiro atoms. The normalized spacial score (nSPS) is 10.5. The Balaban J connectivity index is 2.10. The lowest BCUT2D eigenvalue weighted by Gasteiger charge is -2.25. The van der Waals surface area contributed by atoms with Gasteiger partial charge < -0.3 is 15.0 Å². The number of methoxy groups -OCH3 is 1. The molecule has 0 unspecified atom stereocenters. The molecule has 0 radical (unpaired) electrons. The van der Waals surface area contributed by atoms with E-state index >= 15 is 0 Å². The van der Waals surface area contributed by atoms with E-state index in [0.717, 1.165) is 11.3 Å². The second-order valence-electron chi connectivity index (χ2n) is 6.38. The predicted octanol–water partition coefficient (Wildman–Crippen LogP) is 4.20. The maximum atomic E-state index is 12.4. The molecule has 2 aromatic rings. The fourth-order valence-corrected chi connectivity index (χ4v) is 2.84. The van der Waals surface area contributed by atoms with Gasteiger partial charge in [-0.05, 0) is 29.7 Å². The summed E-state index contributed by atoms with van der Waals surface area (Å²) in [4.78, 5) is 26.2. The monoisotopic (exact) mass is 354 g/mol. The minimum absolute atomic E-state index is 0.0804. The zero-order chi connectivity index (χ0) is 19.1. The summed E-state index contributed by atoms with van der Waals surface area (Å²) in [6.07, 6.45) is 0.198. The first-order chi connectivity index (χ1) is 12.4. The van der Waals surface area contributed by atoms with Crippen LogP contribution in [-0.2, 0) is 9.59 Å². The number of amides is 2. The summed E-state index contributed by atoms with van der Waals surface area (Å²) < 4.78 is 5.24. The van der Waals surface area contributed by atoms with Crippen molar-refractivity contribution in [1.82, 2.24) is 0 Å². The van der Waals surface area contributed by atoms with Gasteiger partial charge in [0, 0.05) is 25.6 Å². The average Bonchev–Trinajstić information content (AvgIpc) is 2.62. The number of anilines is 2. The molecule has 0 aromatic heterocycles. The number of hydrogen-bond acceptors (Lipinski definition) is 3. The highest BCUT2D eigenvalue weighted by atomic mass is 16.5. The lowest BCUT2D eigenvalue weighted by atomic mass is 10.0. The molecule has 1 N–H and O–H groups in total. The Morgan fingerprint density at radius 2 is 1.73 bits per heavy atom. The third-order valence-electron chi connectivity index (χ3n) is 4.17. The highest BCUT2D eigenvalue weighted by Gasteiger charge is 2.18. The van der Waals surface area contributed by atoms with Crippen LogP contribution in [0, 0.1) is 0 Å². The zero-order valence-corrected chi connectivity index (χ0v) is 15.8. The summed E-state index contributed by atoms with van der Waals surface area (Å²) in [5.41, 5.74) is 2.57. The standard InChI is InChI=1S/C21H26N2O3/c1-15(2)17-9-5-7-11-19(17)23(16(3)24)14-13-21(25)22-18-10-6-8-12-20(18)26-4/h5-12,15H,13-14H2,1-4H3,(H,22,25). The highest BCUT2D eigenvalue weighted by molar-refractivity contribution is 5.96. The van der Waals surface area contributed by atoms with Gasteiger partial charge in [-0.25, -0.2) is 0 Å². The molecule has 0 aliphatic carbocycles. The van der Waals surface area contributed by atoms with Gasteiger partial charge in [0.2, 0.25) is 11.8 Å². The fraction of sp³-hybridized carbons (Fsp3) is 0.333. The van der Waals surface area contributed by atoms with Crippen molar-refractivity contribution in [3.8, 4) is 5.75 Å². The van der Waals surface area contributed by atoms with E-state index in [-0.39, 0.29) is 24.2 Å². The van der Waals surface area contributed by atoms with E-state index in [1.165, 1.54) is 6.92 Å². The quantitative estimate of drug-likeness (QED) is 0.811. The molecule has 0 aliphatic heterocycles. The van der Waals surface area contributed by atoms with Gasteiger partial charge in [-0.2, -0.15) is 0 Å². The van der Waals surface area contributed by atoms with Crippen molar-refractivity contribution in [3.05, 3.63) is 54.1 Å². The van der Waals surface area contributed by atoms with Gasteiger partial charge in [-0.3, -0.25) is 9.59 Å². The molecule has 0 atom stereocenters. The van der Waals surface area contributed by atoms with Crippen LogP contribution >= 0.6 is 0 Å². The summed E-state index contributed by atoms with van der Waals surface area (Å²) in [6.45, 7) is 6.02. The predicted molar refractivity (Wildman–Crippen MR) is 105 cm³/mol. The van der Waals surface area contributed by atoms with Crippen LogP contribution in [0.1, 0.15) is 38.7 Å². The molecule has 0 saturated carbocycles. The summed E-state index contributed by atoms with van der Waals surface area (Å²) in [6, 6.07) is 15.1. The Hall–Kier alpha value is -2.82. The summed E-state index contributed by atoms with van der Waals surface area (Å²) in [5, 5.41) is 2.84. The molecule has 0 heterocycles. The van der Waals surface area contributed by atoms with Gasteiger partial charge >= 0.3 is 0 Å². The van der Waals surface area contributed by atoms with Crippen molar-refractivity contribution >= 4 is 23.2 Å². The molecular weight excluding hydrogens is 328 g/mol. The first-order valence-corrected chi connectivity index (χ1v) is 8.74. The number of benzene rings is 2. The summed E-state index contributed by atoms with van der Waals surface area (Å²) in [5.74, 6) is 0.649. The third kappa shape index (κ3) is 4.85. The molecule has 0 aliphatic rings. The third-order valence-corrected chi connectivity index (χ3v) is 4.17. The second-order valence-corrected chi connectivity index (χ2v) is 6.38. The minimum atomic E-state index is -0.164. The molecule has 0 fully saturated rings. The van der Waals surface area contributed by atoms with Crippen molar-refractivity contribution in [1.29, 1.82) is 0 Å². The minimum Gasteiger partial charge on any atom is -0.495 e. The molecule has 5 heteroatoms. The molecular formula is C21H26N2O3. The van der Waals surface area contributed by atoms with Crippen molar-refractivity contribution in [3.63, 3.8) is 0 Å². The van der Waals surface area contributed by atoms with Crippen LogP contribution in [-0.4, -0.2) is 25.5 Å². The number of carbonyl (C=O) groups excluding carboxylic acids is 2. The number of rotatable bonds is 7. The van der Waals surface area contributed by atoms with Gasteiger partial charge in [-0.15, -0.1) is 0 Å². The van der Waals surface area contributed by atoms with Crippen molar-refractivity contribution < 1.29 is 14.3 Å². The summed E-state index contributed by atoms with van der Waals surface area (Å²) >= 11 is 0.